The fraction of sp³-hybridized carbons (Fsp3) is 0.286. The maximum Gasteiger partial charge on any atom is 0.178 e. The normalized spacial score (nSPS) is 10.5. The lowest BCUT2D eigenvalue weighted by Gasteiger charge is -2.11. The zero-order chi connectivity index (χ0) is 14.0. The summed E-state index contributed by atoms with van der Waals surface area (Å²) in [4.78, 5) is 17.3. The highest BCUT2D eigenvalue weighted by Gasteiger charge is 2.15. The van der Waals surface area contributed by atoms with Crippen molar-refractivity contribution < 1.29 is 9.53 Å². The van der Waals surface area contributed by atoms with Crippen LogP contribution in [0.1, 0.15) is 26.5 Å². The molecule has 2 heterocycles. The lowest BCUT2D eigenvalue weighted by molar-refractivity contribution is 0.0995. The average molecular weight is 340 g/mol. The van der Waals surface area contributed by atoms with Crippen LogP contribution in [0.3, 0.4) is 0 Å². The van der Waals surface area contributed by atoms with E-state index < -0.39 is 0 Å². The van der Waals surface area contributed by atoms with E-state index in [-0.39, 0.29) is 5.78 Å². The van der Waals surface area contributed by atoms with Gasteiger partial charge in [0.2, 0.25) is 0 Å². The summed E-state index contributed by atoms with van der Waals surface area (Å²) >= 11 is 4.80. The maximum absolute atomic E-state index is 12.2. The van der Waals surface area contributed by atoms with Crippen molar-refractivity contribution in [3.63, 3.8) is 0 Å². The molecule has 3 nitrogen and oxygen atoms in total. The number of hydrogen-bond acceptors (Lipinski definition) is 4. The first-order valence-electron chi connectivity index (χ1n) is 5.79. The number of Topliss-reactive ketones (excluding diaryl/α,β-unsaturated/α-hetero) is 1. The summed E-state index contributed by atoms with van der Waals surface area (Å²) in [5.74, 6) is 0.891. The summed E-state index contributed by atoms with van der Waals surface area (Å²) < 4.78 is 6.29. The molecule has 2 rings (SSSR count). The number of methoxy groups -OCH3 is 1. The minimum absolute atomic E-state index is 0.0807. The second kappa shape index (κ2) is 5.84. The lowest BCUT2D eigenvalue weighted by Crippen LogP contribution is -2.07. The molecule has 100 valence electrons. The van der Waals surface area contributed by atoms with Crippen LogP contribution in [0.4, 0.5) is 0 Å². The van der Waals surface area contributed by atoms with Crippen molar-refractivity contribution in [3.05, 3.63) is 43.8 Å². The number of carbonyl (C=O) groups is 1. The molecular formula is C14H14BrNO2S. The first-order chi connectivity index (χ1) is 9.02. The van der Waals surface area contributed by atoms with Gasteiger partial charge in [-0.3, -0.25) is 9.78 Å². The molecule has 0 aliphatic carbocycles. The van der Waals surface area contributed by atoms with Crippen LogP contribution in [-0.2, 0) is 6.42 Å². The number of ketones is 1. The molecule has 0 radical (unpaired) electrons. The van der Waals surface area contributed by atoms with Gasteiger partial charge >= 0.3 is 0 Å². The molecule has 19 heavy (non-hydrogen) atoms. The van der Waals surface area contributed by atoms with Gasteiger partial charge in [-0.25, -0.2) is 0 Å². The second-order valence-electron chi connectivity index (χ2n) is 4.28. The number of carbonyl (C=O) groups excluding carboxylic acids is 1. The molecule has 0 aliphatic heterocycles. The van der Waals surface area contributed by atoms with E-state index in [1.165, 1.54) is 11.3 Å². The van der Waals surface area contributed by atoms with Crippen LogP contribution in [-0.4, -0.2) is 17.9 Å². The number of pyridine rings is 1. The van der Waals surface area contributed by atoms with Crippen molar-refractivity contribution in [3.8, 4) is 5.75 Å². The summed E-state index contributed by atoms with van der Waals surface area (Å²) in [6, 6.07) is 1.84. The molecule has 2 aromatic rings. The van der Waals surface area contributed by atoms with E-state index in [0.717, 1.165) is 31.9 Å². The van der Waals surface area contributed by atoms with Crippen LogP contribution in [0.15, 0.2) is 22.1 Å². The molecule has 0 aliphatic rings. The van der Waals surface area contributed by atoms with Gasteiger partial charge in [0.15, 0.2) is 5.78 Å². The fourth-order valence-electron chi connectivity index (χ4n) is 1.95. The third kappa shape index (κ3) is 3.04. The first kappa shape index (κ1) is 14.2. The van der Waals surface area contributed by atoms with E-state index in [4.69, 9.17) is 4.74 Å². The van der Waals surface area contributed by atoms with Crippen LogP contribution in [0.25, 0.3) is 0 Å². The molecule has 0 saturated heterocycles. The van der Waals surface area contributed by atoms with Crippen molar-refractivity contribution in [2.24, 2.45) is 0 Å². The van der Waals surface area contributed by atoms with E-state index >= 15 is 0 Å². The van der Waals surface area contributed by atoms with Gasteiger partial charge in [0.05, 0.1) is 24.1 Å². The van der Waals surface area contributed by atoms with Crippen LogP contribution in [0.2, 0.25) is 0 Å². The van der Waals surface area contributed by atoms with Gasteiger partial charge in [-0.05, 0) is 35.8 Å². The van der Waals surface area contributed by atoms with Gasteiger partial charge in [-0.2, -0.15) is 0 Å². The molecule has 0 amide bonds. The van der Waals surface area contributed by atoms with Crippen molar-refractivity contribution >= 4 is 33.0 Å². The van der Waals surface area contributed by atoms with E-state index in [1.807, 2.05) is 25.3 Å². The van der Waals surface area contributed by atoms with Gasteiger partial charge in [0, 0.05) is 27.2 Å². The van der Waals surface area contributed by atoms with Gasteiger partial charge in [-0.15, -0.1) is 11.3 Å². The Morgan fingerprint density at radius 2 is 2.21 bits per heavy atom. The third-order valence-electron chi connectivity index (χ3n) is 2.92. The largest absolute Gasteiger partial charge is 0.496 e. The Bertz CT molecular complexity index is 622. The molecular weight excluding hydrogens is 326 g/mol. The summed E-state index contributed by atoms with van der Waals surface area (Å²) in [6.07, 6.45) is 2.05. The Labute approximate surface area is 124 Å². The minimum atomic E-state index is 0.0807. The Morgan fingerprint density at radius 3 is 2.79 bits per heavy atom. The van der Waals surface area contributed by atoms with E-state index in [2.05, 4.69) is 20.9 Å². The number of rotatable bonds is 4. The van der Waals surface area contributed by atoms with E-state index in [0.29, 0.717) is 6.42 Å². The summed E-state index contributed by atoms with van der Waals surface area (Å²) in [5, 5.41) is 1.91. The Hall–Kier alpha value is -1.20. The molecule has 0 bridgehead atoms. The number of hydrogen-bond donors (Lipinski definition) is 0. The Balaban J connectivity index is 2.27. The quantitative estimate of drug-likeness (QED) is 0.791. The van der Waals surface area contributed by atoms with Crippen LogP contribution >= 0.6 is 27.3 Å². The standard InChI is InChI=1S/C14H14BrNO2S/c1-8-6-16-11(9(2)14(8)18-3)5-12(17)13-4-10(15)7-19-13/h4,6-7H,5H2,1-3H3. The summed E-state index contributed by atoms with van der Waals surface area (Å²) in [7, 11) is 1.64. The van der Waals surface area contributed by atoms with Crippen molar-refractivity contribution in [1.82, 2.24) is 4.98 Å². The predicted octanol–water partition coefficient (Wildman–Crippen LogP) is 3.96. The SMILES string of the molecule is COc1c(C)cnc(CC(=O)c2cc(Br)cs2)c1C. The van der Waals surface area contributed by atoms with E-state index in [9.17, 15) is 4.79 Å². The molecule has 0 unspecified atom stereocenters. The number of thiophene rings is 1. The second-order valence-corrected chi connectivity index (χ2v) is 6.10. The number of aryl methyl sites for hydroxylation is 1. The predicted molar refractivity (Wildman–Crippen MR) is 80.3 cm³/mol. The first-order valence-corrected chi connectivity index (χ1v) is 7.46. The van der Waals surface area contributed by atoms with Crippen molar-refractivity contribution in [2.75, 3.05) is 7.11 Å². The van der Waals surface area contributed by atoms with Crippen molar-refractivity contribution in [1.29, 1.82) is 0 Å². The highest BCUT2D eigenvalue weighted by molar-refractivity contribution is 9.10. The third-order valence-corrected chi connectivity index (χ3v) is 4.65. The molecule has 0 N–H and O–H groups in total. The summed E-state index contributed by atoms with van der Waals surface area (Å²) in [6.45, 7) is 3.88. The van der Waals surface area contributed by atoms with Gasteiger partial charge in [0.25, 0.3) is 0 Å². The highest BCUT2D eigenvalue weighted by atomic mass is 79.9. The number of ether oxygens (including phenoxy) is 1. The van der Waals surface area contributed by atoms with Gasteiger partial charge in [0.1, 0.15) is 5.75 Å². The van der Waals surface area contributed by atoms with Gasteiger partial charge < -0.3 is 4.74 Å². The number of aromatic nitrogens is 1. The highest BCUT2D eigenvalue weighted by Crippen LogP contribution is 2.26. The zero-order valence-electron chi connectivity index (χ0n) is 11.0. The minimum Gasteiger partial charge on any atom is -0.496 e. The maximum atomic E-state index is 12.2. The molecule has 2 aromatic heterocycles. The van der Waals surface area contributed by atoms with Crippen LogP contribution in [0.5, 0.6) is 5.75 Å². The molecule has 0 saturated carbocycles. The van der Waals surface area contributed by atoms with Crippen molar-refractivity contribution in [2.45, 2.75) is 20.3 Å². The zero-order valence-corrected chi connectivity index (χ0v) is 13.4. The average Bonchev–Trinajstić information content (AvgIpc) is 2.80. The molecule has 0 atom stereocenters. The Kier molecular flexibility index (Phi) is 4.37. The molecule has 0 aromatic carbocycles. The fourth-order valence-corrected chi connectivity index (χ4v) is 3.31. The van der Waals surface area contributed by atoms with Gasteiger partial charge in [-0.1, -0.05) is 0 Å². The molecule has 0 fully saturated rings. The number of halogens is 1. The molecule has 5 heteroatoms. The summed E-state index contributed by atoms with van der Waals surface area (Å²) in [5.41, 5.74) is 2.69. The lowest BCUT2D eigenvalue weighted by atomic mass is 10.1. The van der Waals surface area contributed by atoms with E-state index in [1.54, 1.807) is 13.3 Å². The van der Waals surface area contributed by atoms with Crippen LogP contribution < -0.4 is 4.74 Å². The topological polar surface area (TPSA) is 39.2 Å². The smallest absolute Gasteiger partial charge is 0.178 e. The van der Waals surface area contributed by atoms with Crippen LogP contribution in [0, 0.1) is 13.8 Å². The molecule has 0 spiro atoms. The Morgan fingerprint density at radius 1 is 1.47 bits per heavy atom. The monoisotopic (exact) mass is 339 g/mol. The number of nitrogens with zero attached hydrogens (tertiary/aromatic N) is 1.